The number of thioether (sulfide) groups is 1. The van der Waals surface area contributed by atoms with Gasteiger partial charge in [-0.3, -0.25) is 9.69 Å². The van der Waals surface area contributed by atoms with E-state index in [1.54, 1.807) is 4.90 Å². The van der Waals surface area contributed by atoms with Crippen LogP contribution < -0.4 is 9.47 Å². The number of nitrogens with zero attached hydrogens (tertiary/aromatic N) is 1. The molecule has 0 bridgehead atoms. The Bertz CT molecular complexity index is 1030. The zero-order valence-electron chi connectivity index (χ0n) is 17.5. The van der Waals surface area contributed by atoms with Crippen molar-refractivity contribution in [3.8, 4) is 11.5 Å². The van der Waals surface area contributed by atoms with Gasteiger partial charge in [0.1, 0.15) is 10.9 Å². The Morgan fingerprint density at radius 2 is 2.00 bits per heavy atom. The van der Waals surface area contributed by atoms with E-state index in [-0.39, 0.29) is 5.91 Å². The van der Waals surface area contributed by atoms with Crippen LogP contribution in [0.25, 0.3) is 6.08 Å². The Kier molecular flexibility index (Phi) is 8.44. The van der Waals surface area contributed by atoms with Crippen LogP contribution in [0.1, 0.15) is 31.9 Å². The van der Waals surface area contributed by atoms with Gasteiger partial charge in [-0.25, -0.2) is 0 Å². The summed E-state index contributed by atoms with van der Waals surface area (Å²) in [7, 11) is 0. The molecule has 0 atom stereocenters. The molecule has 1 heterocycles. The molecule has 4 nitrogen and oxygen atoms in total. The van der Waals surface area contributed by atoms with Crippen LogP contribution in [-0.4, -0.2) is 28.3 Å². The Morgan fingerprint density at radius 3 is 2.68 bits per heavy atom. The lowest BCUT2D eigenvalue weighted by molar-refractivity contribution is -0.122. The molecule has 0 unspecified atom stereocenters. The zero-order valence-corrected chi connectivity index (χ0v) is 21.5. The van der Waals surface area contributed by atoms with Crippen LogP contribution in [0.15, 0.2) is 45.8 Å². The van der Waals surface area contributed by atoms with Crippen molar-refractivity contribution in [1.82, 2.24) is 4.90 Å². The normalized spacial score (nSPS) is 15.3. The van der Waals surface area contributed by atoms with Crippen LogP contribution in [0.3, 0.4) is 0 Å². The second-order valence-electron chi connectivity index (χ2n) is 7.33. The molecule has 0 saturated carbocycles. The van der Waals surface area contributed by atoms with E-state index in [2.05, 4.69) is 29.8 Å². The van der Waals surface area contributed by atoms with Crippen molar-refractivity contribution in [3.05, 3.63) is 61.9 Å². The summed E-state index contributed by atoms with van der Waals surface area (Å²) in [5.41, 5.74) is 1.71. The van der Waals surface area contributed by atoms with Crippen LogP contribution in [0.4, 0.5) is 0 Å². The minimum absolute atomic E-state index is 0.0585. The third-order valence-electron chi connectivity index (χ3n) is 4.38. The molecule has 1 aliphatic rings. The first kappa shape index (κ1) is 24.1. The average Bonchev–Trinajstić information content (AvgIpc) is 2.96. The minimum atomic E-state index is -0.0585. The smallest absolute Gasteiger partial charge is 0.266 e. The van der Waals surface area contributed by atoms with E-state index in [0.717, 1.165) is 15.6 Å². The number of rotatable bonds is 8. The fraction of sp³-hybridized carbons (Fsp3) is 0.304. The molecule has 2 aromatic carbocycles. The summed E-state index contributed by atoms with van der Waals surface area (Å²) in [6.45, 7) is 7.45. The van der Waals surface area contributed by atoms with Crippen LogP contribution in [0, 0.1) is 5.92 Å². The lowest BCUT2D eigenvalue weighted by Gasteiger charge is -2.16. The maximum atomic E-state index is 12.8. The fourth-order valence-corrected chi connectivity index (χ4v) is 5.05. The molecule has 3 rings (SSSR count). The van der Waals surface area contributed by atoms with Crippen LogP contribution in [0.5, 0.6) is 11.5 Å². The molecule has 1 saturated heterocycles. The molecule has 8 heteroatoms. The predicted octanol–water partition coefficient (Wildman–Crippen LogP) is 6.94. The molecular weight excluding hydrogens is 518 g/mol. The molecular formula is C23H23BrClNO3S2. The molecule has 164 valence electrons. The number of carbonyl (C=O) groups is 1. The van der Waals surface area contributed by atoms with Crippen molar-refractivity contribution in [2.75, 3.05) is 13.2 Å². The van der Waals surface area contributed by atoms with E-state index in [1.165, 1.54) is 11.8 Å². The number of thiocarbonyl (C=S) groups is 1. The zero-order chi connectivity index (χ0) is 22.5. The molecule has 0 spiro atoms. The molecule has 1 fully saturated rings. The van der Waals surface area contributed by atoms with Gasteiger partial charge < -0.3 is 9.47 Å². The van der Waals surface area contributed by atoms with E-state index in [4.69, 9.17) is 33.3 Å². The summed E-state index contributed by atoms with van der Waals surface area (Å²) < 4.78 is 13.2. The molecule has 0 N–H and O–H groups in total. The Hall–Kier alpha value is -1.54. The summed E-state index contributed by atoms with van der Waals surface area (Å²) in [4.78, 5) is 15.0. The first-order valence-corrected chi connectivity index (χ1v) is 12.3. The van der Waals surface area contributed by atoms with Crippen molar-refractivity contribution in [3.63, 3.8) is 0 Å². The molecule has 0 aromatic heterocycles. The molecule has 0 aliphatic carbocycles. The SMILES string of the molecule is CCOc1cc(/C=C2\SC(=S)N(CC(C)C)C2=O)cc(Br)c1OCc1ccccc1Cl. The van der Waals surface area contributed by atoms with Crippen LogP contribution in [0.2, 0.25) is 5.02 Å². The van der Waals surface area contributed by atoms with Gasteiger partial charge in [0.2, 0.25) is 0 Å². The van der Waals surface area contributed by atoms with Gasteiger partial charge in [0.05, 0.1) is 16.0 Å². The van der Waals surface area contributed by atoms with Gasteiger partial charge in [0.25, 0.3) is 5.91 Å². The lowest BCUT2D eigenvalue weighted by Crippen LogP contribution is -2.31. The Labute approximate surface area is 206 Å². The van der Waals surface area contributed by atoms with E-state index >= 15 is 0 Å². The number of hydrogen-bond acceptors (Lipinski definition) is 5. The van der Waals surface area contributed by atoms with Gasteiger partial charge in [-0.1, -0.05) is 67.6 Å². The fourth-order valence-electron chi connectivity index (χ4n) is 3.01. The quantitative estimate of drug-likeness (QED) is 0.268. The average molecular weight is 541 g/mol. The Morgan fingerprint density at radius 1 is 1.26 bits per heavy atom. The number of amides is 1. The standard InChI is InChI=1S/C23H23BrClNO3S2/c1-4-28-19-10-15(11-20-22(27)26(12-14(2)3)23(30)31-20)9-17(24)21(19)29-13-16-7-5-6-8-18(16)25/h5-11,14H,4,12-13H2,1-3H3/b20-11-. The number of ether oxygens (including phenoxy) is 2. The maximum absolute atomic E-state index is 12.8. The molecule has 2 aromatic rings. The second-order valence-corrected chi connectivity index (χ2v) is 10.3. The summed E-state index contributed by atoms with van der Waals surface area (Å²) in [6.07, 6.45) is 1.84. The van der Waals surface area contributed by atoms with E-state index in [9.17, 15) is 4.79 Å². The van der Waals surface area contributed by atoms with Crippen molar-refractivity contribution in [1.29, 1.82) is 0 Å². The van der Waals surface area contributed by atoms with Crippen LogP contribution in [-0.2, 0) is 11.4 Å². The van der Waals surface area contributed by atoms with Crippen molar-refractivity contribution < 1.29 is 14.3 Å². The molecule has 0 radical (unpaired) electrons. The van der Waals surface area contributed by atoms with Gasteiger partial charge in [0, 0.05) is 17.1 Å². The van der Waals surface area contributed by atoms with E-state index < -0.39 is 0 Å². The number of benzene rings is 2. The number of hydrogen-bond donors (Lipinski definition) is 0. The number of carbonyl (C=O) groups excluding carboxylic acids is 1. The highest BCUT2D eigenvalue weighted by molar-refractivity contribution is 9.10. The first-order valence-electron chi connectivity index (χ1n) is 9.88. The summed E-state index contributed by atoms with van der Waals surface area (Å²) in [6, 6.07) is 11.3. The first-order chi connectivity index (χ1) is 14.8. The van der Waals surface area contributed by atoms with Crippen LogP contribution >= 0.6 is 51.5 Å². The van der Waals surface area contributed by atoms with Gasteiger partial charge >= 0.3 is 0 Å². The van der Waals surface area contributed by atoms with E-state index in [1.807, 2.05) is 49.4 Å². The van der Waals surface area contributed by atoms with E-state index in [0.29, 0.717) is 51.4 Å². The van der Waals surface area contributed by atoms with Gasteiger partial charge in [0.15, 0.2) is 11.5 Å². The lowest BCUT2D eigenvalue weighted by atomic mass is 10.1. The monoisotopic (exact) mass is 539 g/mol. The number of halogens is 2. The molecule has 1 amide bonds. The topological polar surface area (TPSA) is 38.8 Å². The summed E-state index contributed by atoms with van der Waals surface area (Å²) in [5.74, 6) is 1.46. The van der Waals surface area contributed by atoms with Crippen molar-refractivity contribution in [2.45, 2.75) is 27.4 Å². The van der Waals surface area contributed by atoms with Crippen molar-refractivity contribution >= 4 is 67.8 Å². The molecule has 31 heavy (non-hydrogen) atoms. The third kappa shape index (κ3) is 6.04. The molecule has 1 aliphatic heterocycles. The van der Waals surface area contributed by atoms with Crippen molar-refractivity contribution in [2.24, 2.45) is 5.92 Å². The predicted molar refractivity (Wildman–Crippen MR) is 136 cm³/mol. The third-order valence-corrected chi connectivity index (χ3v) is 6.72. The van der Waals surface area contributed by atoms with Gasteiger partial charge in [-0.15, -0.1) is 0 Å². The Balaban J connectivity index is 1.86. The highest BCUT2D eigenvalue weighted by Crippen LogP contribution is 2.40. The van der Waals surface area contributed by atoms with Gasteiger partial charge in [-0.2, -0.15) is 0 Å². The highest BCUT2D eigenvalue weighted by atomic mass is 79.9. The van der Waals surface area contributed by atoms with Gasteiger partial charge in [-0.05, 0) is 58.6 Å². The highest BCUT2D eigenvalue weighted by Gasteiger charge is 2.32. The second kappa shape index (κ2) is 10.9. The maximum Gasteiger partial charge on any atom is 0.266 e. The largest absolute Gasteiger partial charge is 0.490 e. The minimum Gasteiger partial charge on any atom is -0.490 e. The summed E-state index contributed by atoms with van der Waals surface area (Å²) >= 11 is 16.5. The summed E-state index contributed by atoms with van der Waals surface area (Å²) in [5, 5.41) is 0.650.